The van der Waals surface area contributed by atoms with Crippen LogP contribution in [0.4, 0.5) is 10.8 Å². The Balaban J connectivity index is 1.36. The van der Waals surface area contributed by atoms with E-state index in [9.17, 15) is 13.2 Å². The second-order valence-corrected chi connectivity index (χ2v) is 11.0. The number of fused-ring (bicyclic) bond motifs is 1. The molecule has 3 aromatic rings. The molecule has 0 saturated carbocycles. The van der Waals surface area contributed by atoms with Crippen molar-refractivity contribution in [3.05, 3.63) is 71.2 Å². The number of carbonyl (C=O) groups is 1. The van der Waals surface area contributed by atoms with Gasteiger partial charge in [-0.05, 0) is 49.1 Å². The minimum Gasteiger partial charge on any atom is -0.346 e. The number of thiazole rings is 1. The van der Waals surface area contributed by atoms with Crippen molar-refractivity contribution < 1.29 is 13.2 Å². The van der Waals surface area contributed by atoms with Crippen LogP contribution in [-0.4, -0.2) is 56.9 Å². The number of hydrogen-bond acceptors (Lipinski definition) is 6. The topological polar surface area (TPSA) is 73.8 Å². The van der Waals surface area contributed by atoms with Gasteiger partial charge in [0.25, 0.3) is 15.9 Å². The van der Waals surface area contributed by atoms with E-state index in [2.05, 4.69) is 9.88 Å². The zero-order chi connectivity index (χ0) is 22.8. The van der Waals surface area contributed by atoms with E-state index in [1.807, 2.05) is 34.5 Å². The zero-order valence-electron chi connectivity index (χ0n) is 18.3. The molecule has 2 aliphatic rings. The second kappa shape index (κ2) is 9.15. The number of rotatable bonds is 4. The fourth-order valence-corrected chi connectivity index (χ4v) is 6.82. The molecule has 0 spiro atoms. The molecule has 33 heavy (non-hydrogen) atoms. The van der Waals surface area contributed by atoms with Crippen molar-refractivity contribution in [3.8, 4) is 0 Å². The van der Waals surface area contributed by atoms with Crippen LogP contribution in [-0.2, 0) is 16.4 Å². The minimum absolute atomic E-state index is 0.132. The van der Waals surface area contributed by atoms with Gasteiger partial charge in [0.1, 0.15) is 0 Å². The van der Waals surface area contributed by atoms with Crippen molar-refractivity contribution in [1.82, 2.24) is 9.88 Å². The van der Waals surface area contributed by atoms with E-state index in [0.717, 1.165) is 42.2 Å². The maximum absolute atomic E-state index is 13.5. The van der Waals surface area contributed by atoms with Gasteiger partial charge in [-0.15, -0.1) is 11.3 Å². The Morgan fingerprint density at radius 1 is 0.939 bits per heavy atom. The molecule has 0 bridgehead atoms. The molecule has 7 nitrogen and oxygen atoms in total. The molecule has 5 rings (SSSR count). The van der Waals surface area contributed by atoms with Crippen LogP contribution in [0.3, 0.4) is 0 Å². The predicted molar refractivity (Wildman–Crippen MR) is 131 cm³/mol. The summed E-state index contributed by atoms with van der Waals surface area (Å²) in [6, 6.07) is 14.1. The second-order valence-electron chi connectivity index (χ2n) is 8.28. The number of carbonyl (C=O) groups excluding carboxylic acids is 1. The van der Waals surface area contributed by atoms with E-state index in [1.54, 1.807) is 35.7 Å². The van der Waals surface area contributed by atoms with Crippen molar-refractivity contribution >= 4 is 38.1 Å². The van der Waals surface area contributed by atoms with Gasteiger partial charge >= 0.3 is 0 Å². The van der Waals surface area contributed by atoms with Crippen LogP contribution in [0, 0.1) is 0 Å². The lowest BCUT2D eigenvalue weighted by Gasteiger charge is -2.30. The molecular formula is C24H26N4O3S2. The van der Waals surface area contributed by atoms with Crippen molar-refractivity contribution in [1.29, 1.82) is 0 Å². The molecule has 1 fully saturated rings. The summed E-state index contributed by atoms with van der Waals surface area (Å²) in [5.41, 5.74) is 2.17. The molecule has 0 N–H and O–H groups in total. The van der Waals surface area contributed by atoms with Crippen LogP contribution in [0.1, 0.15) is 28.8 Å². The van der Waals surface area contributed by atoms with Gasteiger partial charge in [-0.25, -0.2) is 13.4 Å². The molecule has 172 valence electrons. The summed E-state index contributed by atoms with van der Waals surface area (Å²) in [6.45, 7) is 3.21. The highest BCUT2D eigenvalue weighted by Crippen LogP contribution is 2.32. The van der Waals surface area contributed by atoms with Crippen LogP contribution in [0.5, 0.6) is 0 Å². The molecule has 1 saturated heterocycles. The Bertz CT molecular complexity index is 1240. The Morgan fingerprint density at radius 2 is 1.82 bits per heavy atom. The maximum Gasteiger partial charge on any atom is 0.264 e. The van der Waals surface area contributed by atoms with Crippen molar-refractivity contribution in [2.75, 3.05) is 41.9 Å². The normalized spacial score (nSPS) is 16.9. The molecule has 2 aromatic carbocycles. The van der Waals surface area contributed by atoms with Crippen molar-refractivity contribution in [2.45, 2.75) is 24.2 Å². The summed E-state index contributed by atoms with van der Waals surface area (Å²) in [4.78, 5) is 21.8. The number of para-hydroxylation sites is 1. The van der Waals surface area contributed by atoms with Crippen LogP contribution in [0.2, 0.25) is 0 Å². The standard InChI is InChI=1S/C24H26N4O3S2/c29-23(26-12-5-13-27(16-15-26)24-25-11-17-32-24)20-7-3-9-21(18-20)33(30,31)28-14-4-8-19-6-1-2-10-22(19)28/h1-3,6-7,9-11,17-18H,4-5,8,12-16H2. The number of anilines is 2. The number of hydrogen-bond donors (Lipinski definition) is 0. The van der Waals surface area contributed by atoms with Crippen molar-refractivity contribution in [2.24, 2.45) is 0 Å². The Kier molecular flexibility index (Phi) is 6.07. The summed E-state index contributed by atoms with van der Waals surface area (Å²) >= 11 is 1.60. The fraction of sp³-hybridized carbons (Fsp3) is 0.333. The predicted octanol–water partition coefficient (Wildman–Crippen LogP) is 3.64. The van der Waals surface area contributed by atoms with Crippen LogP contribution in [0.15, 0.2) is 65.0 Å². The number of sulfonamides is 1. The Morgan fingerprint density at radius 3 is 2.67 bits per heavy atom. The molecular weight excluding hydrogens is 456 g/mol. The van der Waals surface area contributed by atoms with Gasteiger partial charge in [0.05, 0.1) is 10.6 Å². The Labute approximate surface area is 198 Å². The molecule has 0 radical (unpaired) electrons. The van der Waals surface area contributed by atoms with Gasteiger partial charge in [-0.3, -0.25) is 9.10 Å². The summed E-state index contributed by atoms with van der Waals surface area (Å²) < 4.78 is 28.5. The first kappa shape index (κ1) is 21.9. The summed E-state index contributed by atoms with van der Waals surface area (Å²) in [5, 5.41) is 2.93. The molecule has 0 atom stereocenters. The summed E-state index contributed by atoms with van der Waals surface area (Å²) in [5.74, 6) is -0.132. The van der Waals surface area contributed by atoms with E-state index in [0.29, 0.717) is 31.7 Å². The third-order valence-electron chi connectivity index (χ3n) is 6.21. The molecule has 0 aliphatic carbocycles. The van der Waals surface area contributed by atoms with Gasteiger partial charge in [0.2, 0.25) is 0 Å². The molecule has 2 aliphatic heterocycles. The average Bonchev–Trinajstić information content (AvgIpc) is 3.28. The SMILES string of the molecule is O=C(c1cccc(S(=O)(=O)N2CCCc3ccccc32)c1)N1CCCN(c2nccs2)CC1. The van der Waals surface area contributed by atoms with E-state index in [-0.39, 0.29) is 10.8 Å². The summed E-state index contributed by atoms with van der Waals surface area (Å²) in [7, 11) is -3.76. The first-order valence-electron chi connectivity index (χ1n) is 11.2. The van der Waals surface area contributed by atoms with Crippen LogP contribution < -0.4 is 9.21 Å². The molecule has 3 heterocycles. The lowest BCUT2D eigenvalue weighted by Crippen LogP contribution is -2.36. The van der Waals surface area contributed by atoms with Gasteiger partial charge in [0, 0.05) is 49.9 Å². The lowest BCUT2D eigenvalue weighted by molar-refractivity contribution is 0.0767. The molecule has 1 aromatic heterocycles. The molecule has 9 heteroatoms. The third kappa shape index (κ3) is 4.35. The largest absolute Gasteiger partial charge is 0.346 e. The zero-order valence-corrected chi connectivity index (χ0v) is 19.9. The number of amides is 1. The highest BCUT2D eigenvalue weighted by Gasteiger charge is 2.30. The number of aromatic nitrogens is 1. The third-order valence-corrected chi connectivity index (χ3v) is 8.85. The minimum atomic E-state index is -3.76. The highest BCUT2D eigenvalue weighted by atomic mass is 32.2. The van der Waals surface area contributed by atoms with E-state index in [1.165, 1.54) is 10.4 Å². The van der Waals surface area contributed by atoms with E-state index >= 15 is 0 Å². The number of aryl methyl sites for hydroxylation is 1. The quantitative estimate of drug-likeness (QED) is 0.568. The van der Waals surface area contributed by atoms with Crippen LogP contribution >= 0.6 is 11.3 Å². The maximum atomic E-state index is 13.5. The highest BCUT2D eigenvalue weighted by molar-refractivity contribution is 7.92. The number of benzene rings is 2. The smallest absolute Gasteiger partial charge is 0.264 e. The monoisotopic (exact) mass is 482 g/mol. The van der Waals surface area contributed by atoms with Gasteiger partial charge in [-0.2, -0.15) is 0 Å². The van der Waals surface area contributed by atoms with Crippen molar-refractivity contribution in [3.63, 3.8) is 0 Å². The van der Waals surface area contributed by atoms with Crippen LogP contribution in [0.25, 0.3) is 0 Å². The molecule has 1 amide bonds. The van der Waals surface area contributed by atoms with E-state index < -0.39 is 10.0 Å². The molecule has 0 unspecified atom stereocenters. The first-order chi connectivity index (χ1) is 16.0. The van der Waals surface area contributed by atoms with Gasteiger partial charge in [0.15, 0.2) is 5.13 Å². The summed E-state index contributed by atoms with van der Waals surface area (Å²) in [6.07, 6.45) is 4.28. The van der Waals surface area contributed by atoms with Gasteiger partial charge < -0.3 is 9.80 Å². The first-order valence-corrected chi connectivity index (χ1v) is 13.5. The van der Waals surface area contributed by atoms with E-state index in [4.69, 9.17) is 0 Å². The lowest BCUT2D eigenvalue weighted by atomic mass is 10.0. The Hall–Kier alpha value is -2.91. The number of nitrogens with zero attached hydrogens (tertiary/aromatic N) is 4. The van der Waals surface area contributed by atoms with Gasteiger partial charge in [-0.1, -0.05) is 24.3 Å². The fourth-order valence-electron chi connectivity index (χ4n) is 4.53. The average molecular weight is 483 g/mol.